The maximum atomic E-state index is 12.3. The Balaban J connectivity index is 1.69. The Labute approximate surface area is 164 Å². The molecule has 0 aliphatic carbocycles. The number of hydroxylamine groups is 1. The minimum Gasteiger partial charge on any atom is -0.346 e. The molecule has 3 rings (SSSR count). The molecule has 3 aromatic rings. The van der Waals surface area contributed by atoms with Crippen LogP contribution in [0.4, 0.5) is 0 Å². The van der Waals surface area contributed by atoms with Crippen LogP contribution in [0.25, 0.3) is 5.65 Å². The van der Waals surface area contributed by atoms with E-state index in [2.05, 4.69) is 26.2 Å². The van der Waals surface area contributed by atoms with Gasteiger partial charge in [0, 0.05) is 29.5 Å². The Hall–Kier alpha value is -2.27. The molecule has 0 unspecified atom stereocenters. The maximum absolute atomic E-state index is 12.3. The number of benzene rings is 1. The number of hydrogen-bond acceptors (Lipinski definition) is 5. The largest absolute Gasteiger partial charge is 0.346 e. The van der Waals surface area contributed by atoms with E-state index in [0.717, 1.165) is 14.6 Å². The van der Waals surface area contributed by atoms with E-state index in [1.165, 1.54) is 38.4 Å². The molecule has 27 heavy (non-hydrogen) atoms. The molecule has 0 aliphatic rings. The first-order valence-electron chi connectivity index (χ1n) is 7.85. The van der Waals surface area contributed by atoms with Crippen LogP contribution in [0, 0.1) is 0 Å². The van der Waals surface area contributed by atoms with Gasteiger partial charge in [-0.2, -0.15) is 0 Å². The number of carbonyl (C=O) groups is 1. The smallest absolute Gasteiger partial charge is 0.264 e. The third kappa shape index (κ3) is 4.19. The molecule has 10 heteroatoms. The van der Waals surface area contributed by atoms with Crippen LogP contribution in [0.15, 0.2) is 58.2 Å². The number of nitrogens with one attached hydrogen (secondary N) is 1. The number of sulfonamides is 1. The van der Waals surface area contributed by atoms with Crippen molar-refractivity contribution in [1.82, 2.24) is 19.2 Å². The minimum absolute atomic E-state index is 0.0364. The van der Waals surface area contributed by atoms with E-state index >= 15 is 0 Å². The minimum atomic E-state index is -3.74. The Kier molecular flexibility index (Phi) is 5.61. The Morgan fingerprint density at radius 1 is 1.22 bits per heavy atom. The summed E-state index contributed by atoms with van der Waals surface area (Å²) >= 11 is 3.40. The van der Waals surface area contributed by atoms with Crippen LogP contribution >= 0.6 is 15.9 Å². The van der Waals surface area contributed by atoms with Crippen molar-refractivity contribution in [3.8, 4) is 0 Å². The second kappa shape index (κ2) is 7.77. The maximum Gasteiger partial charge on any atom is 0.264 e. The summed E-state index contributed by atoms with van der Waals surface area (Å²) in [4.78, 5) is 21.5. The van der Waals surface area contributed by atoms with Crippen LogP contribution in [0.3, 0.4) is 0 Å². The lowest BCUT2D eigenvalue weighted by atomic mass is 10.2. The molecule has 2 aromatic heterocycles. The number of halogens is 1. The summed E-state index contributed by atoms with van der Waals surface area (Å²) in [7, 11) is -1.19. The molecule has 0 fully saturated rings. The Morgan fingerprint density at radius 3 is 2.59 bits per heavy atom. The van der Waals surface area contributed by atoms with Crippen molar-refractivity contribution in [1.29, 1.82) is 0 Å². The predicted molar refractivity (Wildman–Crippen MR) is 102 cm³/mol. The SMILES string of the molecule is CON(C)S(=O)(=O)c1ccc(C(=O)NCc2cn3cc(Br)ccc3n2)cc1. The number of fused-ring (bicyclic) bond motifs is 1. The van der Waals surface area contributed by atoms with Gasteiger partial charge < -0.3 is 9.72 Å². The topological polar surface area (TPSA) is 93.0 Å². The van der Waals surface area contributed by atoms with Crippen molar-refractivity contribution in [3.05, 3.63) is 64.5 Å². The number of amides is 1. The van der Waals surface area contributed by atoms with Crippen LogP contribution in [0.1, 0.15) is 16.1 Å². The van der Waals surface area contributed by atoms with Gasteiger partial charge in [-0.05, 0) is 52.3 Å². The lowest BCUT2D eigenvalue weighted by Gasteiger charge is -2.14. The van der Waals surface area contributed by atoms with Crippen molar-refractivity contribution in [3.63, 3.8) is 0 Å². The average Bonchev–Trinajstić information content (AvgIpc) is 3.07. The first-order chi connectivity index (χ1) is 12.8. The van der Waals surface area contributed by atoms with E-state index < -0.39 is 10.0 Å². The molecule has 142 valence electrons. The molecule has 1 aromatic carbocycles. The monoisotopic (exact) mass is 452 g/mol. The van der Waals surface area contributed by atoms with Crippen molar-refractivity contribution in [2.75, 3.05) is 14.2 Å². The quantitative estimate of drug-likeness (QED) is 0.578. The van der Waals surface area contributed by atoms with Crippen LogP contribution < -0.4 is 5.32 Å². The number of hydrogen-bond donors (Lipinski definition) is 1. The van der Waals surface area contributed by atoms with Gasteiger partial charge in [-0.1, -0.05) is 4.47 Å². The number of carbonyl (C=O) groups excluding carboxylic acids is 1. The molecule has 1 N–H and O–H groups in total. The molecule has 0 radical (unpaired) electrons. The second-order valence-corrected chi connectivity index (χ2v) is 8.50. The number of pyridine rings is 1. The standard InChI is InChI=1S/C17H17BrN4O4S/c1-21(26-2)27(24,25)15-6-3-12(4-7-15)17(23)19-9-14-11-22-10-13(18)5-8-16(22)20-14/h3-8,10-11H,9H2,1-2H3,(H,19,23). The summed E-state index contributed by atoms with van der Waals surface area (Å²) in [6.07, 6.45) is 3.71. The summed E-state index contributed by atoms with van der Waals surface area (Å²) in [5.74, 6) is -0.322. The van der Waals surface area contributed by atoms with E-state index in [1.807, 2.05) is 28.9 Å². The molecule has 0 atom stereocenters. The lowest BCUT2D eigenvalue weighted by Crippen LogP contribution is -2.26. The third-order valence-corrected chi connectivity index (χ3v) is 6.07. The highest BCUT2D eigenvalue weighted by Crippen LogP contribution is 2.16. The first-order valence-corrected chi connectivity index (χ1v) is 10.1. The number of rotatable bonds is 6. The number of nitrogens with zero attached hydrogens (tertiary/aromatic N) is 3. The third-order valence-electron chi connectivity index (χ3n) is 3.90. The van der Waals surface area contributed by atoms with Gasteiger partial charge in [0.05, 0.1) is 24.2 Å². The number of imidazole rings is 1. The van der Waals surface area contributed by atoms with Gasteiger partial charge >= 0.3 is 0 Å². The van der Waals surface area contributed by atoms with Crippen molar-refractivity contribution < 1.29 is 18.0 Å². The van der Waals surface area contributed by atoms with E-state index in [4.69, 9.17) is 4.84 Å². The summed E-state index contributed by atoms with van der Waals surface area (Å²) in [5.41, 5.74) is 1.84. The Bertz CT molecular complexity index is 1080. The zero-order valence-corrected chi connectivity index (χ0v) is 17.0. The summed E-state index contributed by atoms with van der Waals surface area (Å²) in [6, 6.07) is 9.39. The van der Waals surface area contributed by atoms with Gasteiger partial charge in [0.2, 0.25) is 0 Å². The van der Waals surface area contributed by atoms with Crippen LogP contribution in [-0.4, -0.2) is 42.3 Å². The highest BCUT2D eigenvalue weighted by atomic mass is 79.9. The van der Waals surface area contributed by atoms with Gasteiger partial charge in [-0.25, -0.2) is 13.4 Å². The average molecular weight is 453 g/mol. The molecule has 0 saturated heterocycles. The van der Waals surface area contributed by atoms with Gasteiger partial charge in [-0.15, -0.1) is 0 Å². The van der Waals surface area contributed by atoms with Crippen molar-refractivity contribution in [2.45, 2.75) is 11.4 Å². The van der Waals surface area contributed by atoms with Crippen LogP contribution in [0.2, 0.25) is 0 Å². The highest BCUT2D eigenvalue weighted by Gasteiger charge is 2.21. The zero-order valence-electron chi connectivity index (χ0n) is 14.6. The molecule has 0 aliphatic heterocycles. The molecule has 0 spiro atoms. The normalized spacial score (nSPS) is 11.9. The highest BCUT2D eigenvalue weighted by molar-refractivity contribution is 9.10. The fraction of sp³-hybridized carbons (Fsp3) is 0.176. The van der Waals surface area contributed by atoms with E-state index in [-0.39, 0.29) is 17.3 Å². The van der Waals surface area contributed by atoms with Crippen LogP contribution in [0.5, 0.6) is 0 Å². The fourth-order valence-corrected chi connectivity index (χ4v) is 3.73. The van der Waals surface area contributed by atoms with Crippen LogP contribution in [-0.2, 0) is 21.4 Å². The van der Waals surface area contributed by atoms with Crippen molar-refractivity contribution in [2.24, 2.45) is 0 Å². The van der Waals surface area contributed by atoms with Gasteiger partial charge in [0.15, 0.2) is 0 Å². The molecule has 0 bridgehead atoms. The molecule has 2 heterocycles. The van der Waals surface area contributed by atoms with E-state index in [0.29, 0.717) is 11.3 Å². The molecule has 0 saturated carbocycles. The second-order valence-electron chi connectivity index (χ2n) is 5.65. The summed E-state index contributed by atoms with van der Waals surface area (Å²) in [5, 5.41) is 2.77. The zero-order chi connectivity index (χ0) is 19.6. The lowest BCUT2D eigenvalue weighted by molar-refractivity contribution is -0.0258. The summed E-state index contributed by atoms with van der Waals surface area (Å²) < 4.78 is 27.8. The molecule has 1 amide bonds. The predicted octanol–water partition coefficient (Wildman–Crippen LogP) is 2.21. The van der Waals surface area contributed by atoms with E-state index in [1.54, 1.807) is 0 Å². The first kappa shape index (κ1) is 19.5. The Morgan fingerprint density at radius 2 is 1.93 bits per heavy atom. The van der Waals surface area contributed by atoms with Gasteiger partial charge in [-0.3, -0.25) is 9.63 Å². The molecular formula is C17H17BrN4O4S. The molecule has 8 nitrogen and oxygen atoms in total. The summed E-state index contributed by atoms with van der Waals surface area (Å²) in [6.45, 7) is 0.255. The van der Waals surface area contributed by atoms with Gasteiger partial charge in [0.25, 0.3) is 15.9 Å². The molecular weight excluding hydrogens is 436 g/mol. The van der Waals surface area contributed by atoms with Crippen molar-refractivity contribution >= 4 is 37.5 Å². The number of aromatic nitrogens is 2. The fourth-order valence-electron chi connectivity index (χ4n) is 2.40. The van der Waals surface area contributed by atoms with E-state index in [9.17, 15) is 13.2 Å². The van der Waals surface area contributed by atoms with Gasteiger partial charge in [0.1, 0.15) is 5.65 Å².